The van der Waals surface area contributed by atoms with E-state index >= 15 is 0 Å². The minimum atomic E-state index is -4.95. The number of nitrogens with one attached hydrogen (secondary N) is 1. The molecule has 1 heterocycles. The summed E-state index contributed by atoms with van der Waals surface area (Å²) in [4.78, 5) is 24.7. The first-order valence-corrected chi connectivity index (χ1v) is 9.07. The molecular weight excluding hydrogens is 345 g/mol. The molecule has 142 valence electrons. The second-order valence-electron chi connectivity index (χ2n) is 7.12. The van der Waals surface area contributed by atoms with E-state index in [-0.39, 0.29) is 19.0 Å². The average molecular weight is 368 g/mol. The SMILES string of the molecule is CC(NC(=O)C1CCCN1C(=O)C(F)(F)F)c1ccc2c(c1)CCCC2. The number of alkyl halides is 3. The Hall–Kier alpha value is -2.05. The molecule has 1 aromatic rings. The number of amides is 2. The van der Waals surface area contributed by atoms with Crippen molar-refractivity contribution in [3.05, 3.63) is 34.9 Å². The van der Waals surface area contributed by atoms with Crippen molar-refractivity contribution in [2.75, 3.05) is 6.54 Å². The molecule has 3 rings (SSSR count). The summed E-state index contributed by atoms with van der Waals surface area (Å²) in [6.45, 7) is 1.77. The van der Waals surface area contributed by atoms with Crippen LogP contribution < -0.4 is 5.32 Å². The van der Waals surface area contributed by atoms with E-state index in [1.807, 2.05) is 13.0 Å². The van der Waals surface area contributed by atoms with Gasteiger partial charge in [0.15, 0.2) is 0 Å². The highest BCUT2D eigenvalue weighted by molar-refractivity contribution is 5.90. The van der Waals surface area contributed by atoms with Crippen molar-refractivity contribution in [3.63, 3.8) is 0 Å². The fourth-order valence-electron chi connectivity index (χ4n) is 3.86. The zero-order chi connectivity index (χ0) is 18.9. The van der Waals surface area contributed by atoms with Crippen molar-refractivity contribution in [2.24, 2.45) is 0 Å². The first-order valence-electron chi connectivity index (χ1n) is 9.07. The van der Waals surface area contributed by atoms with Crippen LogP contribution in [0.1, 0.15) is 55.3 Å². The molecule has 1 aliphatic heterocycles. The summed E-state index contributed by atoms with van der Waals surface area (Å²) < 4.78 is 38.1. The lowest BCUT2D eigenvalue weighted by Crippen LogP contribution is -2.50. The number of aryl methyl sites for hydroxylation is 2. The Labute approximate surface area is 150 Å². The van der Waals surface area contributed by atoms with Crippen LogP contribution in [0.4, 0.5) is 13.2 Å². The van der Waals surface area contributed by atoms with Gasteiger partial charge in [0, 0.05) is 6.54 Å². The summed E-state index contributed by atoms with van der Waals surface area (Å²) in [5.41, 5.74) is 3.55. The van der Waals surface area contributed by atoms with Crippen LogP contribution in [-0.2, 0) is 22.4 Å². The van der Waals surface area contributed by atoms with Crippen molar-refractivity contribution >= 4 is 11.8 Å². The first kappa shape index (κ1) is 18.7. The Balaban J connectivity index is 1.68. The molecule has 26 heavy (non-hydrogen) atoms. The maximum Gasteiger partial charge on any atom is 0.471 e. The molecule has 0 spiro atoms. The highest BCUT2D eigenvalue weighted by Crippen LogP contribution is 2.27. The molecule has 1 fully saturated rings. The molecule has 0 radical (unpaired) electrons. The number of rotatable bonds is 3. The molecule has 0 saturated carbocycles. The molecule has 2 atom stereocenters. The lowest BCUT2D eigenvalue weighted by Gasteiger charge is -2.26. The Bertz CT molecular complexity index is 703. The fourth-order valence-corrected chi connectivity index (χ4v) is 3.86. The van der Waals surface area contributed by atoms with E-state index in [9.17, 15) is 22.8 Å². The maximum absolute atomic E-state index is 12.7. The average Bonchev–Trinajstić information content (AvgIpc) is 3.09. The van der Waals surface area contributed by atoms with Gasteiger partial charge in [0.25, 0.3) is 0 Å². The number of likely N-dealkylation sites (tertiary alicyclic amines) is 1. The van der Waals surface area contributed by atoms with Gasteiger partial charge in [-0.1, -0.05) is 18.2 Å². The van der Waals surface area contributed by atoms with Crippen LogP contribution in [0.15, 0.2) is 18.2 Å². The normalized spacial score (nSPS) is 21.2. The van der Waals surface area contributed by atoms with Crippen molar-refractivity contribution < 1.29 is 22.8 Å². The van der Waals surface area contributed by atoms with Crippen LogP contribution in [-0.4, -0.2) is 35.5 Å². The van der Waals surface area contributed by atoms with Gasteiger partial charge < -0.3 is 10.2 Å². The first-order chi connectivity index (χ1) is 12.3. The third-order valence-electron chi connectivity index (χ3n) is 5.29. The minimum Gasteiger partial charge on any atom is -0.348 e. The summed E-state index contributed by atoms with van der Waals surface area (Å²) in [7, 11) is 0. The second-order valence-corrected chi connectivity index (χ2v) is 7.12. The largest absolute Gasteiger partial charge is 0.471 e. The number of hydrogen-bond acceptors (Lipinski definition) is 2. The van der Waals surface area contributed by atoms with E-state index in [0.29, 0.717) is 11.3 Å². The van der Waals surface area contributed by atoms with Crippen LogP contribution >= 0.6 is 0 Å². The highest BCUT2D eigenvalue weighted by atomic mass is 19.4. The number of benzene rings is 1. The van der Waals surface area contributed by atoms with Gasteiger partial charge in [-0.3, -0.25) is 9.59 Å². The van der Waals surface area contributed by atoms with Gasteiger partial charge in [-0.15, -0.1) is 0 Å². The molecule has 0 bridgehead atoms. The third kappa shape index (κ3) is 3.86. The second kappa shape index (κ2) is 7.29. The number of hydrogen-bond donors (Lipinski definition) is 1. The van der Waals surface area contributed by atoms with Gasteiger partial charge in [-0.2, -0.15) is 13.2 Å². The maximum atomic E-state index is 12.7. The molecule has 4 nitrogen and oxygen atoms in total. The van der Waals surface area contributed by atoms with Gasteiger partial charge in [0.05, 0.1) is 6.04 Å². The topological polar surface area (TPSA) is 49.4 Å². The number of carbonyl (C=O) groups is 2. The number of halogens is 3. The Kier molecular flexibility index (Phi) is 5.25. The van der Waals surface area contributed by atoms with E-state index < -0.39 is 24.0 Å². The van der Waals surface area contributed by atoms with Crippen LogP contribution in [0.2, 0.25) is 0 Å². The van der Waals surface area contributed by atoms with Crippen molar-refractivity contribution in [3.8, 4) is 0 Å². The molecule has 7 heteroatoms. The lowest BCUT2D eigenvalue weighted by atomic mass is 9.89. The van der Waals surface area contributed by atoms with Gasteiger partial charge in [0.2, 0.25) is 5.91 Å². The zero-order valence-corrected chi connectivity index (χ0v) is 14.7. The quantitative estimate of drug-likeness (QED) is 0.890. The Morgan fingerprint density at radius 3 is 2.54 bits per heavy atom. The van der Waals surface area contributed by atoms with Gasteiger partial charge in [-0.05, 0) is 62.1 Å². The van der Waals surface area contributed by atoms with E-state index in [4.69, 9.17) is 0 Å². The molecule has 2 unspecified atom stereocenters. The van der Waals surface area contributed by atoms with E-state index in [1.165, 1.54) is 17.5 Å². The Morgan fingerprint density at radius 1 is 1.15 bits per heavy atom. The van der Waals surface area contributed by atoms with E-state index in [2.05, 4.69) is 17.4 Å². The number of carbonyl (C=O) groups excluding carboxylic acids is 2. The zero-order valence-electron chi connectivity index (χ0n) is 14.7. The molecule has 2 aliphatic rings. The molecule has 0 aromatic heterocycles. The predicted molar refractivity (Wildman–Crippen MR) is 90.4 cm³/mol. The van der Waals surface area contributed by atoms with Crippen molar-refractivity contribution in [1.29, 1.82) is 0 Å². The molecule has 1 saturated heterocycles. The fraction of sp³-hybridized carbons (Fsp3) is 0.579. The summed E-state index contributed by atoms with van der Waals surface area (Å²) in [6, 6.07) is 4.73. The van der Waals surface area contributed by atoms with Crippen molar-refractivity contribution in [2.45, 2.75) is 63.7 Å². The summed E-state index contributed by atoms with van der Waals surface area (Å²) in [5.74, 6) is -2.46. The summed E-state index contributed by atoms with van der Waals surface area (Å²) >= 11 is 0. The monoisotopic (exact) mass is 368 g/mol. The molecule has 1 aliphatic carbocycles. The van der Waals surface area contributed by atoms with Crippen molar-refractivity contribution in [1.82, 2.24) is 10.2 Å². The summed E-state index contributed by atoms with van der Waals surface area (Å²) in [5, 5.41) is 2.78. The van der Waals surface area contributed by atoms with Crippen LogP contribution in [0, 0.1) is 0 Å². The van der Waals surface area contributed by atoms with Gasteiger partial charge in [-0.25, -0.2) is 0 Å². The summed E-state index contributed by atoms with van der Waals surface area (Å²) in [6.07, 6.45) is 0.106. The molecule has 1 aromatic carbocycles. The molecule has 2 amide bonds. The van der Waals surface area contributed by atoms with Gasteiger partial charge >= 0.3 is 12.1 Å². The van der Waals surface area contributed by atoms with Gasteiger partial charge in [0.1, 0.15) is 6.04 Å². The van der Waals surface area contributed by atoms with Crippen LogP contribution in [0.25, 0.3) is 0 Å². The molecular formula is C19H23F3N2O2. The number of nitrogens with zero attached hydrogens (tertiary/aromatic N) is 1. The predicted octanol–water partition coefficient (Wildman–Crippen LogP) is 3.30. The third-order valence-corrected chi connectivity index (χ3v) is 5.29. The highest BCUT2D eigenvalue weighted by Gasteiger charge is 2.47. The van der Waals surface area contributed by atoms with E-state index in [1.54, 1.807) is 0 Å². The van der Waals surface area contributed by atoms with Crippen LogP contribution in [0.5, 0.6) is 0 Å². The lowest BCUT2D eigenvalue weighted by molar-refractivity contribution is -0.186. The smallest absolute Gasteiger partial charge is 0.348 e. The standard InChI is InChI=1S/C19H23F3N2O2/c1-12(14-9-8-13-5-2-3-6-15(13)11-14)23-17(25)16-7-4-10-24(16)18(26)19(20,21)22/h8-9,11-12,16H,2-7,10H2,1H3,(H,23,25). The minimum absolute atomic E-state index is 0.0380. The molecule has 1 N–H and O–H groups in total. The Morgan fingerprint density at radius 2 is 1.85 bits per heavy atom. The van der Waals surface area contributed by atoms with E-state index in [0.717, 1.165) is 24.8 Å². The van der Waals surface area contributed by atoms with Crippen LogP contribution in [0.3, 0.4) is 0 Å². The number of fused-ring (bicyclic) bond motifs is 1.